The van der Waals surface area contributed by atoms with E-state index in [0.717, 1.165) is 17.7 Å². The summed E-state index contributed by atoms with van der Waals surface area (Å²) < 4.78 is 62.6. The van der Waals surface area contributed by atoms with Crippen LogP contribution in [-0.4, -0.2) is 13.9 Å². The van der Waals surface area contributed by atoms with Crippen LogP contribution >= 0.6 is 0 Å². The normalized spacial score (nSPS) is 11.4. The minimum absolute atomic E-state index is 0.332. The van der Waals surface area contributed by atoms with E-state index >= 15 is 0 Å². The van der Waals surface area contributed by atoms with E-state index in [1.807, 2.05) is 6.07 Å². The van der Waals surface area contributed by atoms with Crippen LogP contribution in [0, 0.1) is 11.8 Å². The van der Waals surface area contributed by atoms with Crippen molar-refractivity contribution in [3.63, 3.8) is 0 Å². The van der Waals surface area contributed by atoms with Crippen LogP contribution in [0.1, 0.15) is 11.1 Å². The second-order valence-corrected chi connectivity index (χ2v) is 5.66. The van der Waals surface area contributed by atoms with Crippen molar-refractivity contribution in [3.8, 4) is 17.6 Å². The molecule has 0 saturated carbocycles. The molecule has 0 spiro atoms. The summed E-state index contributed by atoms with van der Waals surface area (Å²) in [6.45, 7) is 0. The molecule has 3 nitrogen and oxygen atoms in total. The first-order valence-electron chi connectivity index (χ1n) is 5.96. The van der Waals surface area contributed by atoms with Crippen molar-refractivity contribution in [2.75, 3.05) is 0 Å². The van der Waals surface area contributed by atoms with Crippen LogP contribution in [0.4, 0.5) is 13.2 Å². The summed E-state index contributed by atoms with van der Waals surface area (Å²) in [5.41, 5.74) is -4.42. The third-order valence-corrected chi connectivity index (χ3v) is 3.43. The summed E-state index contributed by atoms with van der Waals surface area (Å²) >= 11 is 0. The molecule has 0 N–H and O–H groups in total. The van der Waals surface area contributed by atoms with Crippen LogP contribution < -0.4 is 4.18 Å². The van der Waals surface area contributed by atoms with Crippen LogP contribution in [0.25, 0.3) is 0 Å². The Balaban J connectivity index is 2.24. The van der Waals surface area contributed by atoms with Crippen LogP contribution in [0.15, 0.2) is 54.6 Å². The second kappa shape index (κ2) is 6.12. The van der Waals surface area contributed by atoms with Gasteiger partial charge in [-0.2, -0.15) is 21.6 Å². The molecule has 2 aromatic rings. The number of alkyl halides is 3. The van der Waals surface area contributed by atoms with Gasteiger partial charge >= 0.3 is 15.6 Å². The van der Waals surface area contributed by atoms with Gasteiger partial charge in [0, 0.05) is 11.1 Å². The maximum absolute atomic E-state index is 12.2. The van der Waals surface area contributed by atoms with Gasteiger partial charge in [0.2, 0.25) is 0 Å². The van der Waals surface area contributed by atoms with Gasteiger partial charge in [0.25, 0.3) is 0 Å². The molecule has 22 heavy (non-hydrogen) atoms. The highest BCUT2D eigenvalue weighted by Gasteiger charge is 2.48. The fourth-order valence-corrected chi connectivity index (χ4v) is 1.92. The summed E-state index contributed by atoms with van der Waals surface area (Å²) in [7, 11) is -5.68. The number of benzene rings is 2. The Morgan fingerprint density at radius 1 is 0.864 bits per heavy atom. The molecular formula is C15H9F3O3S. The van der Waals surface area contributed by atoms with Crippen LogP contribution in [-0.2, 0) is 10.1 Å². The molecule has 0 amide bonds. The molecular weight excluding hydrogens is 317 g/mol. The average molecular weight is 326 g/mol. The van der Waals surface area contributed by atoms with Crippen molar-refractivity contribution in [3.05, 3.63) is 65.7 Å². The molecule has 0 bridgehead atoms. The molecule has 0 fully saturated rings. The topological polar surface area (TPSA) is 43.4 Å². The van der Waals surface area contributed by atoms with E-state index in [0.29, 0.717) is 5.56 Å². The molecule has 0 aliphatic heterocycles. The van der Waals surface area contributed by atoms with Crippen molar-refractivity contribution in [1.29, 1.82) is 0 Å². The molecule has 0 aliphatic rings. The molecule has 0 aliphatic carbocycles. The minimum Gasteiger partial charge on any atom is -0.376 e. The lowest BCUT2D eigenvalue weighted by Gasteiger charge is -2.09. The van der Waals surface area contributed by atoms with E-state index in [-0.39, 0.29) is 0 Å². The van der Waals surface area contributed by atoms with Gasteiger partial charge in [0.15, 0.2) is 0 Å². The lowest BCUT2D eigenvalue weighted by atomic mass is 10.2. The molecule has 0 radical (unpaired) electrons. The van der Waals surface area contributed by atoms with E-state index in [1.54, 1.807) is 24.3 Å². The zero-order valence-corrected chi connectivity index (χ0v) is 11.8. The van der Waals surface area contributed by atoms with E-state index in [1.165, 1.54) is 12.1 Å². The Bertz CT molecular complexity index is 816. The Morgan fingerprint density at radius 2 is 1.45 bits per heavy atom. The van der Waals surface area contributed by atoms with E-state index in [2.05, 4.69) is 16.0 Å². The predicted molar refractivity (Wildman–Crippen MR) is 74.5 cm³/mol. The predicted octanol–water partition coefficient (Wildman–Crippen LogP) is 3.31. The Hall–Kier alpha value is -2.46. The van der Waals surface area contributed by atoms with E-state index in [9.17, 15) is 21.6 Å². The van der Waals surface area contributed by atoms with Gasteiger partial charge in [-0.3, -0.25) is 0 Å². The molecule has 0 unspecified atom stereocenters. The molecule has 7 heteroatoms. The van der Waals surface area contributed by atoms with E-state index in [4.69, 9.17) is 0 Å². The van der Waals surface area contributed by atoms with Crippen molar-refractivity contribution < 1.29 is 25.8 Å². The monoisotopic (exact) mass is 326 g/mol. The van der Waals surface area contributed by atoms with Crippen molar-refractivity contribution in [1.82, 2.24) is 0 Å². The molecule has 0 atom stereocenters. The number of hydrogen-bond acceptors (Lipinski definition) is 3. The summed E-state index contributed by atoms with van der Waals surface area (Å²) in [5.74, 6) is 5.08. The summed E-state index contributed by atoms with van der Waals surface area (Å²) in [5, 5.41) is 0. The third kappa shape index (κ3) is 4.02. The lowest BCUT2D eigenvalue weighted by Crippen LogP contribution is -2.28. The molecule has 114 valence electrons. The SMILES string of the molecule is O=S(=O)(Oc1cccc(C#Cc2ccccc2)c1)C(F)(F)F. The zero-order chi connectivity index (χ0) is 16.2. The van der Waals surface area contributed by atoms with Crippen molar-refractivity contribution in [2.24, 2.45) is 0 Å². The molecule has 0 heterocycles. The zero-order valence-electron chi connectivity index (χ0n) is 11.0. The van der Waals surface area contributed by atoms with Crippen LogP contribution in [0.5, 0.6) is 5.75 Å². The quantitative estimate of drug-likeness (QED) is 0.483. The fourth-order valence-electron chi connectivity index (χ4n) is 1.47. The Morgan fingerprint density at radius 3 is 2.09 bits per heavy atom. The van der Waals surface area contributed by atoms with Gasteiger partial charge in [-0.05, 0) is 30.3 Å². The first-order chi connectivity index (χ1) is 10.3. The standard InChI is InChI=1S/C15H9F3O3S/c16-15(17,18)22(19,20)21-14-8-4-7-13(11-14)10-9-12-5-2-1-3-6-12/h1-8,11H. The minimum atomic E-state index is -5.68. The highest BCUT2D eigenvalue weighted by atomic mass is 32.2. The molecule has 0 saturated heterocycles. The van der Waals surface area contributed by atoms with Gasteiger partial charge in [-0.15, -0.1) is 0 Å². The largest absolute Gasteiger partial charge is 0.534 e. The van der Waals surface area contributed by atoms with Crippen LogP contribution in [0.2, 0.25) is 0 Å². The smallest absolute Gasteiger partial charge is 0.376 e. The molecule has 0 aromatic heterocycles. The average Bonchev–Trinajstić information content (AvgIpc) is 2.45. The summed E-state index contributed by atoms with van der Waals surface area (Å²) in [4.78, 5) is 0. The van der Waals surface area contributed by atoms with Gasteiger partial charge in [-0.1, -0.05) is 36.1 Å². The number of halogens is 3. The maximum atomic E-state index is 12.2. The first kappa shape index (κ1) is 15.9. The van der Waals surface area contributed by atoms with Gasteiger partial charge in [0.1, 0.15) is 5.75 Å². The second-order valence-electron chi connectivity index (χ2n) is 4.13. The van der Waals surface area contributed by atoms with Gasteiger partial charge in [-0.25, -0.2) is 0 Å². The fraction of sp³-hybridized carbons (Fsp3) is 0.0667. The highest BCUT2D eigenvalue weighted by molar-refractivity contribution is 7.88. The van der Waals surface area contributed by atoms with Crippen LogP contribution in [0.3, 0.4) is 0 Å². The third-order valence-electron chi connectivity index (χ3n) is 2.45. The maximum Gasteiger partial charge on any atom is 0.534 e. The summed E-state index contributed by atoms with van der Waals surface area (Å²) in [6, 6.07) is 14.1. The Kier molecular flexibility index (Phi) is 4.43. The molecule has 2 rings (SSSR count). The van der Waals surface area contributed by atoms with Gasteiger partial charge in [0.05, 0.1) is 0 Å². The van der Waals surface area contributed by atoms with E-state index < -0.39 is 21.4 Å². The lowest BCUT2D eigenvalue weighted by molar-refractivity contribution is -0.0500. The molecule has 2 aromatic carbocycles. The number of hydrogen-bond donors (Lipinski definition) is 0. The summed E-state index contributed by atoms with van der Waals surface area (Å²) in [6.07, 6.45) is 0. The van der Waals surface area contributed by atoms with Gasteiger partial charge < -0.3 is 4.18 Å². The highest BCUT2D eigenvalue weighted by Crippen LogP contribution is 2.27. The Labute approximate surface area is 125 Å². The van der Waals surface area contributed by atoms with Crippen molar-refractivity contribution in [2.45, 2.75) is 5.51 Å². The first-order valence-corrected chi connectivity index (χ1v) is 7.37. The van der Waals surface area contributed by atoms with Crippen molar-refractivity contribution >= 4 is 10.1 Å². The number of rotatable bonds is 2.